The molecule has 0 aliphatic heterocycles. The van der Waals surface area contributed by atoms with Crippen LogP contribution in [0.5, 0.6) is 0 Å². The lowest BCUT2D eigenvalue weighted by Gasteiger charge is -1.98. The van der Waals surface area contributed by atoms with Crippen molar-refractivity contribution in [3.8, 4) is 10.6 Å². The van der Waals surface area contributed by atoms with E-state index in [9.17, 15) is 0 Å². The summed E-state index contributed by atoms with van der Waals surface area (Å²) in [6.07, 6.45) is 1.95. The van der Waals surface area contributed by atoms with Crippen molar-refractivity contribution in [3.05, 3.63) is 52.3 Å². The van der Waals surface area contributed by atoms with Gasteiger partial charge in [-0.05, 0) is 53.3 Å². The third-order valence-corrected chi connectivity index (χ3v) is 7.81. The Hall–Kier alpha value is -1.75. The van der Waals surface area contributed by atoms with Crippen LogP contribution in [-0.2, 0) is 0 Å². The molecule has 4 heteroatoms. The highest BCUT2D eigenvalue weighted by Crippen LogP contribution is 2.44. The number of rotatable bonds is 1. The molecule has 0 atom stereocenters. The van der Waals surface area contributed by atoms with Crippen LogP contribution in [0.1, 0.15) is 11.1 Å². The van der Waals surface area contributed by atoms with Gasteiger partial charge in [0.15, 0.2) is 0 Å². The molecule has 0 unspecified atom stereocenters. The van der Waals surface area contributed by atoms with Gasteiger partial charge in [-0.25, -0.2) is 0 Å². The first-order valence-electron chi connectivity index (χ1n) is 7.46. The van der Waals surface area contributed by atoms with E-state index in [0.29, 0.717) is 0 Å². The molecule has 0 bridgehead atoms. The van der Waals surface area contributed by atoms with E-state index in [1.54, 1.807) is 11.3 Å². The Morgan fingerprint density at radius 3 is 2.48 bits per heavy atom. The molecule has 4 aromatic heterocycles. The fourth-order valence-corrected chi connectivity index (χ4v) is 6.58. The maximum absolute atomic E-state index is 4.70. The zero-order valence-electron chi connectivity index (χ0n) is 12.7. The molecule has 112 valence electrons. The number of fused-ring (bicyclic) bond motifs is 5. The van der Waals surface area contributed by atoms with Crippen LogP contribution < -0.4 is 0 Å². The molecule has 5 rings (SSSR count). The van der Waals surface area contributed by atoms with E-state index in [-0.39, 0.29) is 0 Å². The molecule has 0 fully saturated rings. The second-order valence-corrected chi connectivity index (χ2v) is 8.68. The quantitative estimate of drug-likeness (QED) is 0.316. The average Bonchev–Trinajstić information content (AvgIpc) is 3.24. The number of benzene rings is 1. The molecule has 5 aromatic rings. The summed E-state index contributed by atoms with van der Waals surface area (Å²) >= 11 is 5.53. The summed E-state index contributed by atoms with van der Waals surface area (Å²) in [4.78, 5) is 5.96. The van der Waals surface area contributed by atoms with Crippen LogP contribution >= 0.6 is 34.0 Å². The third-order valence-electron chi connectivity index (χ3n) is 4.25. The van der Waals surface area contributed by atoms with E-state index in [1.165, 1.54) is 46.3 Å². The van der Waals surface area contributed by atoms with Gasteiger partial charge in [-0.15, -0.1) is 34.0 Å². The average molecular weight is 352 g/mol. The summed E-state index contributed by atoms with van der Waals surface area (Å²) in [5.74, 6) is 0. The van der Waals surface area contributed by atoms with Crippen molar-refractivity contribution in [2.75, 3.05) is 0 Å². The minimum atomic E-state index is 1.13. The Balaban J connectivity index is 1.94. The van der Waals surface area contributed by atoms with Crippen molar-refractivity contribution in [2.45, 2.75) is 13.8 Å². The van der Waals surface area contributed by atoms with Crippen LogP contribution in [0, 0.1) is 13.8 Å². The summed E-state index contributed by atoms with van der Waals surface area (Å²) in [6, 6.07) is 8.94. The Labute approximate surface area is 145 Å². The van der Waals surface area contributed by atoms with E-state index in [1.807, 2.05) is 28.9 Å². The minimum Gasteiger partial charge on any atom is -0.254 e. The number of hydrogen-bond donors (Lipinski definition) is 0. The van der Waals surface area contributed by atoms with Gasteiger partial charge in [0, 0.05) is 17.0 Å². The molecular weight excluding hydrogens is 338 g/mol. The van der Waals surface area contributed by atoms with Crippen LogP contribution in [-0.4, -0.2) is 4.98 Å². The number of nitrogens with zero attached hydrogens (tertiary/aromatic N) is 1. The van der Waals surface area contributed by atoms with Gasteiger partial charge in [0.25, 0.3) is 0 Å². The van der Waals surface area contributed by atoms with Gasteiger partial charge >= 0.3 is 0 Å². The third kappa shape index (κ3) is 1.92. The molecular formula is C19H13NS3. The lowest BCUT2D eigenvalue weighted by Crippen LogP contribution is -1.79. The lowest BCUT2D eigenvalue weighted by molar-refractivity contribution is 1.38. The summed E-state index contributed by atoms with van der Waals surface area (Å²) in [5.41, 5.74) is 3.81. The molecule has 0 N–H and O–H groups in total. The van der Waals surface area contributed by atoms with Crippen LogP contribution in [0.4, 0.5) is 0 Å². The second-order valence-electron chi connectivity index (χ2n) is 5.86. The zero-order chi connectivity index (χ0) is 15.6. The SMILES string of the molecule is Cc1csc(-c2nccc3c2sc2c3ccc3c(C)csc32)c1. The molecule has 0 radical (unpaired) electrons. The molecule has 0 saturated heterocycles. The van der Waals surface area contributed by atoms with E-state index in [2.05, 4.69) is 48.9 Å². The van der Waals surface area contributed by atoms with Gasteiger partial charge in [0.05, 0.1) is 24.7 Å². The predicted octanol–water partition coefficient (Wildman–Crippen LogP) is 7.01. The number of hydrogen-bond acceptors (Lipinski definition) is 4. The van der Waals surface area contributed by atoms with Crippen molar-refractivity contribution >= 4 is 64.3 Å². The van der Waals surface area contributed by atoms with Crippen molar-refractivity contribution in [1.82, 2.24) is 4.98 Å². The molecule has 4 heterocycles. The molecule has 0 amide bonds. The maximum atomic E-state index is 4.70. The van der Waals surface area contributed by atoms with Crippen molar-refractivity contribution in [1.29, 1.82) is 0 Å². The number of thiophene rings is 3. The Morgan fingerprint density at radius 2 is 1.65 bits per heavy atom. The molecule has 23 heavy (non-hydrogen) atoms. The Bertz CT molecular complexity index is 1190. The number of aryl methyl sites for hydroxylation is 2. The van der Waals surface area contributed by atoms with Crippen LogP contribution in [0.3, 0.4) is 0 Å². The maximum Gasteiger partial charge on any atom is 0.0980 e. The van der Waals surface area contributed by atoms with Crippen molar-refractivity contribution in [2.24, 2.45) is 0 Å². The monoisotopic (exact) mass is 351 g/mol. The van der Waals surface area contributed by atoms with Crippen LogP contribution in [0.15, 0.2) is 41.2 Å². The van der Waals surface area contributed by atoms with Gasteiger partial charge < -0.3 is 0 Å². The number of aromatic nitrogens is 1. The molecule has 1 aromatic carbocycles. The molecule has 0 saturated carbocycles. The summed E-state index contributed by atoms with van der Waals surface area (Å²) in [6.45, 7) is 4.34. The topological polar surface area (TPSA) is 12.9 Å². The van der Waals surface area contributed by atoms with Gasteiger partial charge in [-0.2, -0.15) is 0 Å². The van der Waals surface area contributed by atoms with E-state index >= 15 is 0 Å². The normalized spacial score (nSPS) is 11.9. The highest BCUT2D eigenvalue weighted by Gasteiger charge is 2.15. The van der Waals surface area contributed by atoms with Gasteiger partial charge in [0.2, 0.25) is 0 Å². The minimum absolute atomic E-state index is 1.13. The van der Waals surface area contributed by atoms with Crippen LogP contribution in [0.25, 0.3) is 40.8 Å². The van der Waals surface area contributed by atoms with Crippen LogP contribution in [0.2, 0.25) is 0 Å². The fourth-order valence-electron chi connectivity index (χ4n) is 3.11. The second kappa shape index (κ2) is 4.87. The molecule has 0 spiro atoms. The Morgan fingerprint density at radius 1 is 0.826 bits per heavy atom. The van der Waals surface area contributed by atoms with Gasteiger partial charge in [0.1, 0.15) is 0 Å². The molecule has 1 nitrogen and oxygen atoms in total. The predicted molar refractivity (Wildman–Crippen MR) is 105 cm³/mol. The van der Waals surface area contributed by atoms with Crippen molar-refractivity contribution in [3.63, 3.8) is 0 Å². The highest BCUT2D eigenvalue weighted by atomic mass is 32.1. The largest absolute Gasteiger partial charge is 0.254 e. The van der Waals surface area contributed by atoms with Gasteiger partial charge in [-0.3, -0.25) is 4.98 Å². The van der Waals surface area contributed by atoms with E-state index in [0.717, 1.165) is 5.69 Å². The highest BCUT2D eigenvalue weighted by molar-refractivity contribution is 7.31. The first-order chi connectivity index (χ1) is 11.2. The summed E-state index contributed by atoms with van der Waals surface area (Å²) in [5, 5.41) is 8.53. The van der Waals surface area contributed by atoms with E-state index in [4.69, 9.17) is 4.98 Å². The Kier molecular flexibility index (Phi) is 2.89. The number of pyridine rings is 1. The fraction of sp³-hybridized carbons (Fsp3) is 0.105. The smallest absolute Gasteiger partial charge is 0.0980 e. The van der Waals surface area contributed by atoms with Crippen molar-refractivity contribution < 1.29 is 0 Å². The zero-order valence-corrected chi connectivity index (χ0v) is 15.2. The van der Waals surface area contributed by atoms with E-state index < -0.39 is 0 Å². The van der Waals surface area contributed by atoms with Gasteiger partial charge in [-0.1, -0.05) is 12.1 Å². The summed E-state index contributed by atoms with van der Waals surface area (Å²) < 4.78 is 4.12. The standard InChI is InChI=1S/C19H13NS3/c1-10-7-15(21-8-10)16-17-14(5-6-20-16)13-4-3-12-11(2)9-22-18(12)19(13)23-17/h3-9H,1-2H3. The summed E-state index contributed by atoms with van der Waals surface area (Å²) in [7, 11) is 0. The first-order valence-corrected chi connectivity index (χ1v) is 10.0. The lowest BCUT2D eigenvalue weighted by atomic mass is 10.1. The first kappa shape index (κ1) is 13.7. The molecule has 0 aliphatic carbocycles. The molecule has 0 aliphatic rings.